The quantitative estimate of drug-likeness (QED) is 0.0205. The van der Waals surface area contributed by atoms with Crippen LogP contribution in [0.1, 0.15) is 258 Å². The summed E-state index contributed by atoms with van der Waals surface area (Å²) in [6, 6.07) is -0.867. The molecule has 0 saturated heterocycles. The minimum absolute atomic E-state index is 0.0302. The zero-order valence-electron chi connectivity index (χ0n) is 50.0. The number of phosphoric ester groups is 1. The molecule has 3 atom stereocenters. The van der Waals surface area contributed by atoms with Crippen LogP contribution in [-0.2, 0) is 27.9 Å². The number of quaternary nitrogens is 1. The number of allylic oxidation sites excluding steroid dienone is 15. The van der Waals surface area contributed by atoms with E-state index in [1.165, 1.54) is 103 Å². The zero-order valence-corrected chi connectivity index (χ0v) is 50.9. The fraction of sp³-hybridized carbons (Fsp3) is 0.727. The molecule has 9 nitrogen and oxygen atoms in total. The molecule has 0 aliphatic carbocycles. The number of hydrogen-bond acceptors (Lipinski definition) is 6. The van der Waals surface area contributed by atoms with Gasteiger partial charge in [-0.15, -0.1) is 0 Å². The molecule has 0 fully saturated rings. The fourth-order valence-corrected chi connectivity index (χ4v) is 9.20. The average Bonchev–Trinajstić information content (AvgIpc) is 3.38. The number of esters is 1. The van der Waals surface area contributed by atoms with Gasteiger partial charge in [0.1, 0.15) is 19.3 Å². The summed E-state index contributed by atoms with van der Waals surface area (Å²) in [5.74, 6) is -0.542. The number of likely N-dealkylation sites (N-methyl/N-ethyl adjacent to an activating group) is 1. The van der Waals surface area contributed by atoms with Crippen LogP contribution in [0.4, 0.5) is 0 Å². The Kier molecular flexibility index (Phi) is 53.0. The maximum absolute atomic E-state index is 13.5. The largest absolute Gasteiger partial charge is 0.472 e. The highest BCUT2D eigenvalue weighted by atomic mass is 31.2. The molecule has 0 bridgehead atoms. The predicted octanol–water partition coefficient (Wildman–Crippen LogP) is 19.2. The summed E-state index contributed by atoms with van der Waals surface area (Å²) in [6.45, 7) is 6.83. The summed E-state index contributed by atoms with van der Waals surface area (Å²) in [4.78, 5) is 37.6. The maximum atomic E-state index is 13.5. The monoisotopic (exact) mass is 1080 g/mol. The molecule has 3 unspecified atom stereocenters. The standard InChI is InChI=1S/C66H117N2O7P/c1-7-10-13-16-19-22-25-27-29-30-31-32-33-34-35-36-37-38-39-41-44-47-50-53-56-59-66(70)75-64(57-54-51-48-45-42-24-21-18-15-12-9-3)63(62-74-76(71,72)73-61-60-68(4,5)6)67-65(69)58-55-52-49-46-43-40-28-26-23-20-17-14-11-8-2/h11,14,19-20,22-23,27-29,31-32,34-35,40,54,57,63-64H,7-10,12-13,15-18,21,24-26,30,33,36-39,41-53,55-56,58-62H2,1-6H3,(H-,67,69,71,72)/p+1/b14-11+,22-19-,23-20+,29-27-,32-31-,35-34-,40-28+,57-54-. The molecule has 10 heteroatoms. The van der Waals surface area contributed by atoms with Gasteiger partial charge in [0.05, 0.1) is 33.8 Å². The Morgan fingerprint density at radius 1 is 0.474 bits per heavy atom. The van der Waals surface area contributed by atoms with Crippen LogP contribution in [0.25, 0.3) is 0 Å². The topological polar surface area (TPSA) is 111 Å². The van der Waals surface area contributed by atoms with Gasteiger partial charge in [0.25, 0.3) is 0 Å². The summed E-state index contributed by atoms with van der Waals surface area (Å²) >= 11 is 0. The van der Waals surface area contributed by atoms with Crippen LogP contribution in [0.2, 0.25) is 0 Å². The number of nitrogens with zero attached hydrogens (tertiary/aromatic N) is 1. The molecular weight excluding hydrogens is 964 g/mol. The molecule has 438 valence electrons. The van der Waals surface area contributed by atoms with Crippen LogP contribution < -0.4 is 5.32 Å². The first-order valence-electron chi connectivity index (χ1n) is 31.1. The lowest BCUT2D eigenvalue weighted by Crippen LogP contribution is -2.47. The van der Waals surface area contributed by atoms with Crippen molar-refractivity contribution in [1.29, 1.82) is 0 Å². The van der Waals surface area contributed by atoms with Gasteiger partial charge in [-0.3, -0.25) is 18.6 Å². The summed E-state index contributed by atoms with van der Waals surface area (Å²) in [7, 11) is 1.47. The Bertz CT molecular complexity index is 1620. The second-order valence-corrected chi connectivity index (χ2v) is 23.3. The van der Waals surface area contributed by atoms with Gasteiger partial charge in [-0.25, -0.2) is 4.57 Å². The van der Waals surface area contributed by atoms with E-state index in [2.05, 4.69) is 111 Å². The van der Waals surface area contributed by atoms with E-state index in [1.54, 1.807) is 0 Å². The van der Waals surface area contributed by atoms with Gasteiger partial charge in [0.2, 0.25) is 5.91 Å². The van der Waals surface area contributed by atoms with E-state index < -0.39 is 20.0 Å². The highest BCUT2D eigenvalue weighted by molar-refractivity contribution is 7.47. The maximum Gasteiger partial charge on any atom is 0.472 e. The van der Waals surface area contributed by atoms with Gasteiger partial charge in [0.15, 0.2) is 0 Å². The van der Waals surface area contributed by atoms with Crippen molar-refractivity contribution in [3.05, 3.63) is 97.2 Å². The van der Waals surface area contributed by atoms with Crippen molar-refractivity contribution < 1.29 is 37.3 Å². The van der Waals surface area contributed by atoms with Crippen LogP contribution in [0.3, 0.4) is 0 Å². The van der Waals surface area contributed by atoms with E-state index in [1.807, 2.05) is 33.3 Å². The minimum atomic E-state index is -4.46. The van der Waals surface area contributed by atoms with E-state index in [-0.39, 0.29) is 31.5 Å². The second-order valence-electron chi connectivity index (χ2n) is 21.8. The van der Waals surface area contributed by atoms with Gasteiger partial charge < -0.3 is 19.4 Å². The van der Waals surface area contributed by atoms with Crippen molar-refractivity contribution in [2.75, 3.05) is 40.9 Å². The first-order valence-corrected chi connectivity index (χ1v) is 32.6. The number of phosphoric acid groups is 1. The van der Waals surface area contributed by atoms with Gasteiger partial charge in [0, 0.05) is 12.8 Å². The molecule has 0 heterocycles. The van der Waals surface area contributed by atoms with Crippen LogP contribution in [0, 0.1) is 0 Å². The van der Waals surface area contributed by atoms with Crippen molar-refractivity contribution in [3.63, 3.8) is 0 Å². The smallest absolute Gasteiger partial charge is 0.456 e. The van der Waals surface area contributed by atoms with Crippen LogP contribution in [0.5, 0.6) is 0 Å². The number of hydrogen-bond donors (Lipinski definition) is 2. The van der Waals surface area contributed by atoms with E-state index in [9.17, 15) is 19.0 Å². The van der Waals surface area contributed by atoms with E-state index in [0.29, 0.717) is 17.4 Å². The van der Waals surface area contributed by atoms with E-state index in [4.69, 9.17) is 13.8 Å². The lowest BCUT2D eigenvalue weighted by molar-refractivity contribution is -0.870. The van der Waals surface area contributed by atoms with E-state index in [0.717, 1.165) is 122 Å². The van der Waals surface area contributed by atoms with Crippen molar-refractivity contribution in [2.24, 2.45) is 0 Å². The molecular formula is C66H118N2O7P+. The lowest BCUT2D eigenvalue weighted by atomic mass is 10.1. The van der Waals surface area contributed by atoms with Crippen LogP contribution >= 0.6 is 7.82 Å². The molecule has 1 amide bonds. The van der Waals surface area contributed by atoms with E-state index >= 15 is 0 Å². The molecule has 0 aliphatic heterocycles. The third kappa shape index (κ3) is 55.7. The Hall–Kier alpha value is -3.07. The summed E-state index contributed by atoms with van der Waals surface area (Å²) < 4.78 is 30.6. The molecule has 76 heavy (non-hydrogen) atoms. The highest BCUT2D eigenvalue weighted by Crippen LogP contribution is 2.43. The zero-order chi connectivity index (χ0) is 55.7. The predicted molar refractivity (Wildman–Crippen MR) is 327 cm³/mol. The molecule has 0 radical (unpaired) electrons. The van der Waals surface area contributed by atoms with Crippen LogP contribution in [0.15, 0.2) is 97.2 Å². The number of rotatable bonds is 55. The van der Waals surface area contributed by atoms with Gasteiger partial charge in [-0.1, -0.05) is 234 Å². The highest BCUT2D eigenvalue weighted by Gasteiger charge is 2.30. The molecule has 0 spiro atoms. The fourth-order valence-electron chi connectivity index (χ4n) is 8.47. The normalized spacial score (nSPS) is 14.4. The Balaban J connectivity index is 5.16. The summed E-state index contributed by atoms with van der Waals surface area (Å²) in [5.41, 5.74) is 0. The van der Waals surface area contributed by atoms with Gasteiger partial charge in [-0.2, -0.15) is 0 Å². The Labute approximate surface area is 468 Å². The van der Waals surface area contributed by atoms with Crippen molar-refractivity contribution in [2.45, 2.75) is 270 Å². The SMILES string of the molecule is CC/C=C/C/C=C/C/C=C/CCCCCCC(=O)NC(COP(=O)(O)OCC[N+](C)(C)C)C(/C=C\CCCCCCCCCCC)OC(=O)CCCCCCCCCCC/C=C\C/C=C\C/C=C\C/C=C\CCCCC. The van der Waals surface area contributed by atoms with Crippen LogP contribution in [-0.4, -0.2) is 74.3 Å². The number of nitrogens with one attached hydrogen (secondary N) is 1. The molecule has 0 saturated carbocycles. The van der Waals surface area contributed by atoms with Crippen molar-refractivity contribution >= 4 is 19.7 Å². The minimum Gasteiger partial charge on any atom is -0.456 e. The molecule has 0 aliphatic rings. The average molecular weight is 1080 g/mol. The van der Waals surface area contributed by atoms with Gasteiger partial charge in [-0.05, 0) is 109 Å². The number of carbonyl (C=O) groups excluding carboxylic acids is 2. The Morgan fingerprint density at radius 3 is 1.29 bits per heavy atom. The molecule has 0 aromatic heterocycles. The summed E-state index contributed by atoms with van der Waals surface area (Å²) in [5, 5.41) is 3.03. The molecule has 0 aromatic carbocycles. The molecule has 0 aromatic rings. The van der Waals surface area contributed by atoms with Gasteiger partial charge >= 0.3 is 13.8 Å². The third-order valence-corrected chi connectivity index (χ3v) is 14.2. The number of unbranched alkanes of at least 4 members (excludes halogenated alkanes) is 25. The molecule has 2 N–H and O–H groups in total. The van der Waals surface area contributed by atoms with Crippen molar-refractivity contribution in [3.8, 4) is 0 Å². The lowest BCUT2D eigenvalue weighted by Gasteiger charge is -2.27. The number of ether oxygens (including phenoxy) is 1. The summed E-state index contributed by atoms with van der Waals surface area (Å²) in [6.07, 6.45) is 74.1. The second kappa shape index (κ2) is 55.3. The molecule has 0 rings (SSSR count). The Morgan fingerprint density at radius 2 is 0.842 bits per heavy atom. The number of amides is 1. The third-order valence-electron chi connectivity index (χ3n) is 13.3. The van der Waals surface area contributed by atoms with Crippen molar-refractivity contribution in [1.82, 2.24) is 5.32 Å². The first kappa shape index (κ1) is 72.9. The first-order chi connectivity index (χ1) is 36.9. The number of carbonyl (C=O) groups is 2.